The highest BCUT2D eigenvalue weighted by Crippen LogP contribution is 2.25. The maximum Gasteiger partial charge on any atom is 0.321 e. The van der Waals surface area contributed by atoms with Crippen molar-refractivity contribution < 1.29 is 9.59 Å². The van der Waals surface area contributed by atoms with Gasteiger partial charge in [-0.05, 0) is 17.7 Å². The summed E-state index contributed by atoms with van der Waals surface area (Å²) in [4.78, 5) is 23.6. The van der Waals surface area contributed by atoms with Gasteiger partial charge in [-0.1, -0.05) is 6.07 Å². The third kappa shape index (κ3) is 1.90. The van der Waals surface area contributed by atoms with Crippen LogP contribution in [-0.2, 0) is 6.54 Å². The lowest BCUT2D eigenvalue weighted by Gasteiger charge is -2.26. The molecule has 0 spiro atoms. The molecule has 84 valence electrons. The molecule has 0 radical (unpaired) electrons. The van der Waals surface area contributed by atoms with Gasteiger partial charge in [0.15, 0.2) is 0 Å². The lowest BCUT2D eigenvalue weighted by Crippen LogP contribution is -2.35. The molecule has 1 aromatic rings. The predicted octanol–water partition coefficient (Wildman–Crippen LogP) is 1.15. The monoisotopic (exact) mass is 220 g/mol. The van der Waals surface area contributed by atoms with E-state index < -0.39 is 6.03 Å². The van der Waals surface area contributed by atoms with Crippen molar-refractivity contribution in [1.82, 2.24) is 4.90 Å². The average Bonchev–Trinajstić information content (AvgIpc) is 2.19. The minimum Gasteiger partial charge on any atom is -0.351 e. The molecule has 0 bridgehead atoms. The minimum atomic E-state index is -0.626. The van der Waals surface area contributed by atoms with Crippen molar-refractivity contribution in [3.05, 3.63) is 23.8 Å². The molecule has 6 nitrogen and oxygen atoms in total. The molecule has 4 amide bonds. The van der Waals surface area contributed by atoms with Gasteiger partial charge in [-0.2, -0.15) is 0 Å². The van der Waals surface area contributed by atoms with Crippen LogP contribution in [0.1, 0.15) is 5.56 Å². The molecular weight excluding hydrogens is 208 g/mol. The summed E-state index contributed by atoms with van der Waals surface area (Å²) in [6, 6.07) is 4.49. The molecule has 4 N–H and O–H groups in total. The second-order valence-corrected chi connectivity index (χ2v) is 3.65. The Bertz CT molecular complexity index is 458. The van der Waals surface area contributed by atoms with Crippen molar-refractivity contribution in [2.75, 3.05) is 17.7 Å². The summed E-state index contributed by atoms with van der Waals surface area (Å²) >= 11 is 0. The minimum absolute atomic E-state index is 0.163. The molecule has 0 atom stereocenters. The summed E-state index contributed by atoms with van der Waals surface area (Å²) in [5.41, 5.74) is 7.27. The van der Waals surface area contributed by atoms with Crippen molar-refractivity contribution in [3.63, 3.8) is 0 Å². The van der Waals surface area contributed by atoms with Crippen LogP contribution in [0.4, 0.5) is 21.0 Å². The first-order valence-corrected chi connectivity index (χ1v) is 4.78. The summed E-state index contributed by atoms with van der Waals surface area (Å²) < 4.78 is 0. The molecule has 1 heterocycles. The third-order valence-electron chi connectivity index (χ3n) is 2.37. The van der Waals surface area contributed by atoms with Crippen LogP contribution in [0.3, 0.4) is 0 Å². The first kappa shape index (κ1) is 10.3. The summed E-state index contributed by atoms with van der Waals surface area (Å²) in [6.07, 6.45) is 0. The third-order valence-corrected chi connectivity index (χ3v) is 2.37. The van der Waals surface area contributed by atoms with Crippen LogP contribution >= 0.6 is 0 Å². The van der Waals surface area contributed by atoms with Gasteiger partial charge < -0.3 is 21.3 Å². The molecule has 0 aliphatic carbocycles. The van der Waals surface area contributed by atoms with Gasteiger partial charge in [-0.3, -0.25) is 0 Å². The summed E-state index contributed by atoms with van der Waals surface area (Å²) in [7, 11) is 1.72. The largest absolute Gasteiger partial charge is 0.351 e. The second-order valence-electron chi connectivity index (χ2n) is 3.65. The Hall–Kier alpha value is -2.24. The molecule has 0 saturated heterocycles. The van der Waals surface area contributed by atoms with E-state index in [0.29, 0.717) is 17.9 Å². The van der Waals surface area contributed by atoms with E-state index in [1.165, 1.54) is 0 Å². The highest BCUT2D eigenvalue weighted by molar-refractivity contribution is 5.94. The number of nitrogens with two attached hydrogens (primary N) is 1. The van der Waals surface area contributed by atoms with E-state index in [4.69, 9.17) is 5.73 Å². The fraction of sp³-hybridized carbons (Fsp3) is 0.200. The van der Waals surface area contributed by atoms with E-state index >= 15 is 0 Å². The number of anilines is 2. The molecule has 0 aromatic heterocycles. The van der Waals surface area contributed by atoms with Gasteiger partial charge in [0.25, 0.3) is 0 Å². The maximum absolute atomic E-state index is 11.4. The van der Waals surface area contributed by atoms with Crippen molar-refractivity contribution in [2.24, 2.45) is 5.73 Å². The van der Waals surface area contributed by atoms with Crippen molar-refractivity contribution in [2.45, 2.75) is 6.54 Å². The Morgan fingerprint density at radius 3 is 3.00 bits per heavy atom. The lowest BCUT2D eigenvalue weighted by molar-refractivity contribution is 0.218. The lowest BCUT2D eigenvalue weighted by atomic mass is 10.1. The zero-order valence-corrected chi connectivity index (χ0v) is 8.78. The van der Waals surface area contributed by atoms with Crippen LogP contribution < -0.4 is 16.4 Å². The highest BCUT2D eigenvalue weighted by atomic mass is 16.2. The molecule has 0 saturated carbocycles. The molecule has 1 aliphatic heterocycles. The maximum atomic E-state index is 11.4. The van der Waals surface area contributed by atoms with Crippen LogP contribution in [0.2, 0.25) is 0 Å². The van der Waals surface area contributed by atoms with E-state index in [0.717, 1.165) is 5.56 Å². The molecule has 16 heavy (non-hydrogen) atoms. The summed E-state index contributed by atoms with van der Waals surface area (Å²) in [5, 5.41) is 5.17. The first-order valence-electron chi connectivity index (χ1n) is 4.78. The predicted molar refractivity (Wildman–Crippen MR) is 60.1 cm³/mol. The Balaban J connectivity index is 2.29. The van der Waals surface area contributed by atoms with Crippen molar-refractivity contribution in [1.29, 1.82) is 0 Å². The molecule has 1 aliphatic rings. The number of urea groups is 2. The fourth-order valence-electron chi connectivity index (χ4n) is 1.59. The van der Waals surface area contributed by atoms with E-state index in [2.05, 4.69) is 10.6 Å². The number of primary amides is 1. The average molecular weight is 220 g/mol. The topological polar surface area (TPSA) is 87.5 Å². The number of fused-ring (bicyclic) bond motifs is 1. The molecule has 0 fully saturated rings. The standard InChI is InChI=1S/C10H12N4O2/c1-14-5-6-2-3-7(12-9(11)15)4-8(6)13-10(14)16/h2-4H,5H2,1H3,(H,13,16)(H3,11,12,15). The van der Waals surface area contributed by atoms with Gasteiger partial charge >= 0.3 is 12.1 Å². The zero-order valence-electron chi connectivity index (χ0n) is 8.78. The normalized spacial score (nSPS) is 14.1. The Morgan fingerprint density at radius 1 is 1.56 bits per heavy atom. The molecule has 1 aromatic carbocycles. The van der Waals surface area contributed by atoms with Crippen LogP contribution in [0.5, 0.6) is 0 Å². The molecule has 6 heteroatoms. The SMILES string of the molecule is CN1Cc2ccc(NC(N)=O)cc2NC1=O. The Morgan fingerprint density at radius 2 is 2.31 bits per heavy atom. The fourth-order valence-corrected chi connectivity index (χ4v) is 1.59. The molecule has 2 rings (SSSR count). The van der Waals surface area contributed by atoms with Crippen LogP contribution in [0, 0.1) is 0 Å². The number of hydrogen-bond acceptors (Lipinski definition) is 2. The molecular formula is C10H12N4O2. The van der Waals surface area contributed by atoms with E-state index in [9.17, 15) is 9.59 Å². The Kier molecular flexibility index (Phi) is 2.40. The van der Waals surface area contributed by atoms with Gasteiger partial charge in [0.2, 0.25) is 0 Å². The number of amides is 4. The quantitative estimate of drug-likeness (QED) is 0.663. The first-order chi connectivity index (χ1) is 7.56. The van der Waals surface area contributed by atoms with E-state index in [-0.39, 0.29) is 6.03 Å². The second kappa shape index (κ2) is 3.73. The zero-order chi connectivity index (χ0) is 11.7. The number of carbonyl (C=O) groups excluding carboxylic acids is 2. The van der Waals surface area contributed by atoms with Crippen molar-refractivity contribution >= 4 is 23.4 Å². The van der Waals surface area contributed by atoms with Gasteiger partial charge in [-0.25, -0.2) is 9.59 Å². The van der Waals surface area contributed by atoms with Crippen LogP contribution in [0.15, 0.2) is 18.2 Å². The summed E-state index contributed by atoms with van der Waals surface area (Å²) in [5.74, 6) is 0. The van der Waals surface area contributed by atoms with E-state index in [1.54, 1.807) is 24.1 Å². The highest BCUT2D eigenvalue weighted by Gasteiger charge is 2.19. The number of hydrogen-bond donors (Lipinski definition) is 3. The number of rotatable bonds is 1. The van der Waals surface area contributed by atoms with Crippen molar-refractivity contribution in [3.8, 4) is 0 Å². The number of nitrogens with one attached hydrogen (secondary N) is 2. The van der Waals surface area contributed by atoms with Gasteiger partial charge in [0.05, 0.1) is 0 Å². The van der Waals surface area contributed by atoms with Crippen LogP contribution in [-0.4, -0.2) is 24.0 Å². The number of benzene rings is 1. The summed E-state index contributed by atoms with van der Waals surface area (Å²) in [6.45, 7) is 0.554. The van der Waals surface area contributed by atoms with Gasteiger partial charge in [-0.15, -0.1) is 0 Å². The molecule has 0 unspecified atom stereocenters. The number of nitrogens with zero attached hydrogens (tertiary/aromatic N) is 1. The van der Waals surface area contributed by atoms with Gasteiger partial charge in [0.1, 0.15) is 0 Å². The van der Waals surface area contributed by atoms with Crippen LogP contribution in [0.25, 0.3) is 0 Å². The van der Waals surface area contributed by atoms with Gasteiger partial charge in [0, 0.05) is 25.0 Å². The Labute approximate surface area is 92.4 Å². The smallest absolute Gasteiger partial charge is 0.321 e. The van der Waals surface area contributed by atoms with E-state index in [1.807, 2.05) is 6.07 Å². The number of carbonyl (C=O) groups is 2.